The highest BCUT2D eigenvalue weighted by atomic mass is 19.1. The number of likely N-dealkylation sites (tertiary alicyclic amines) is 1. The molecule has 8 heteroatoms. The van der Waals surface area contributed by atoms with Gasteiger partial charge in [-0.1, -0.05) is 30.3 Å². The molecule has 0 spiro atoms. The van der Waals surface area contributed by atoms with Crippen molar-refractivity contribution < 1.29 is 13.6 Å². The molecule has 3 aliphatic heterocycles. The van der Waals surface area contributed by atoms with Gasteiger partial charge in [-0.25, -0.2) is 9.37 Å². The molecule has 1 unspecified atom stereocenters. The van der Waals surface area contributed by atoms with E-state index in [1.54, 1.807) is 6.07 Å². The fourth-order valence-electron chi connectivity index (χ4n) is 8.65. The Morgan fingerprint density at radius 3 is 2.61 bits per heavy atom. The van der Waals surface area contributed by atoms with Crippen molar-refractivity contribution in [1.82, 2.24) is 14.5 Å². The van der Waals surface area contributed by atoms with E-state index in [-0.39, 0.29) is 24.1 Å². The molecule has 232 valence electrons. The van der Waals surface area contributed by atoms with Gasteiger partial charge in [-0.3, -0.25) is 4.90 Å². The summed E-state index contributed by atoms with van der Waals surface area (Å²) in [5.74, 6) is 0.0314. The smallest absolute Gasteiger partial charge is 0.223 e. The number of aromatic nitrogens is 2. The minimum absolute atomic E-state index is 0.120. The zero-order valence-electron chi connectivity index (χ0n) is 26.8. The molecule has 0 saturated carbocycles. The van der Waals surface area contributed by atoms with E-state index in [0.717, 1.165) is 69.9 Å². The maximum atomic E-state index is 17.5. The summed E-state index contributed by atoms with van der Waals surface area (Å²) in [6.45, 7) is 7.48. The molecule has 3 saturated heterocycles. The number of aryl methyl sites for hydroxylation is 2. The van der Waals surface area contributed by atoms with Crippen molar-refractivity contribution in [1.29, 1.82) is 10.5 Å². The average molecular weight is 614 g/mol. The van der Waals surface area contributed by atoms with Crippen LogP contribution in [0.2, 0.25) is 0 Å². The Labute approximate surface area is 268 Å². The first-order valence-corrected chi connectivity index (χ1v) is 16.4. The topological polar surface area (TPSA) is 77.9 Å². The molecule has 0 amide bonds. The van der Waals surface area contributed by atoms with E-state index in [2.05, 4.69) is 61.7 Å². The second kappa shape index (κ2) is 10.5. The lowest BCUT2D eigenvalue weighted by atomic mass is 9.89. The fourth-order valence-corrected chi connectivity index (χ4v) is 8.65. The second-order valence-electron chi connectivity index (χ2n) is 13.9. The zero-order chi connectivity index (χ0) is 31.9. The SMILES string of the molecule is Cc1cc2c(O[C@@H](C)[C@@H]3CCCN3C)nc3c(F)c(-c4cccc5cccc(C#N)c45)c(CCC#N)cc3c2n1[C@@H]1C[N+]2(C)C[C@H]12. The standard InChI is InChI=1S/C38H38FN6O/c1-22-17-29-37(44(22)31-20-45(4)21-32(31)45)28-18-25(12-7-15-40)34(27-13-6-10-24-9-5-11-26(19-41)33(24)27)35(39)36(28)42-38(29)46-23(2)30-14-8-16-43(30)3/h5-6,9-11,13,17-18,23,30-32H,7-8,12,14,16,20-21H2,1-4H3/q+1/t23-,30-,31+,32+,45?/m0/s1. The normalized spacial score (nSPS) is 24.5. The summed E-state index contributed by atoms with van der Waals surface area (Å²) in [4.78, 5) is 7.35. The number of fused-ring (bicyclic) bond motifs is 5. The lowest BCUT2D eigenvalue weighted by Crippen LogP contribution is -2.46. The van der Waals surface area contributed by atoms with Crippen LogP contribution in [0.25, 0.3) is 43.7 Å². The van der Waals surface area contributed by atoms with E-state index < -0.39 is 5.82 Å². The summed E-state index contributed by atoms with van der Waals surface area (Å²) < 4.78 is 27.7. The first-order valence-electron chi connectivity index (χ1n) is 16.4. The van der Waals surface area contributed by atoms with Crippen molar-refractivity contribution in [3.63, 3.8) is 0 Å². The van der Waals surface area contributed by atoms with Crippen LogP contribution in [0.4, 0.5) is 4.39 Å². The summed E-state index contributed by atoms with van der Waals surface area (Å²) in [5, 5.41) is 22.9. The minimum atomic E-state index is -0.436. The summed E-state index contributed by atoms with van der Waals surface area (Å²) in [5.41, 5.74) is 4.64. The van der Waals surface area contributed by atoms with Crippen LogP contribution >= 0.6 is 0 Å². The minimum Gasteiger partial charge on any atom is -0.472 e. The molecule has 8 rings (SSSR count). The molecular weight excluding hydrogens is 575 g/mol. The largest absolute Gasteiger partial charge is 0.472 e. The predicted molar refractivity (Wildman–Crippen MR) is 178 cm³/mol. The molecule has 0 aliphatic carbocycles. The van der Waals surface area contributed by atoms with Crippen molar-refractivity contribution in [2.45, 2.75) is 63.8 Å². The number of pyridine rings is 1. The van der Waals surface area contributed by atoms with Crippen LogP contribution in [-0.4, -0.2) is 70.9 Å². The predicted octanol–water partition coefficient (Wildman–Crippen LogP) is 7.03. The van der Waals surface area contributed by atoms with Crippen molar-refractivity contribution in [3.05, 3.63) is 71.2 Å². The fraction of sp³-hybridized carbons (Fsp3) is 0.395. The maximum Gasteiger partial charge on any atom is 0.223 e. The summed E-state index contributed by atoms with van der Waals surface area (Å²) in [6, 6.07) is 21.3. The Morgan fingerprint density at radius 2 is 1.93 bits per heavy atom. The third kappa shape index (κ3) is 4.24. The van der Waals surface area contributed by atoms with Gasteiger partial charge >= 0.3 is 0 Å². The van der Waals surface area contributed by atoms with Crippen molar-refractivity contribution >= 4 is 32.6 Å². The van der Waals surface area contributed by atoms with Crippen LogP contribution in [0.15, 0.2) is 48.5 Å². The van der Waals surface area contributed by atoms with Crippen molar-refractivity contribution in [2.24, 2.45) is 0 Å². The molecule has 46 heavy (non-hydrogen) atoms. The van der Waals surface area contributed by atoms with E-state index in [9.17, 15) is 10.5 Å². The maximum absolute atomic E-state index is 17.5. The molecule has 0 N–H and O–H groups in total. The summed E-state index contributed by atoms with van der Waals surface area (Å²) >= 11 is 0. The summed E-state index contributed by atoms with van der Waals surface area (Å²) in [7, 11) is 4.44. The molecule has 0 bridgehead atoms. The first-order chi connectivity index (χ1) is 22.2. The van der Waals surface area contributed by atoms with Crippen LogP contribution in [0.1, 0.15) is 49.0 Å². The quantitative estimate of drug-likeness (QED) is 0.146. The molecule has 3 aromatic carbocycles. The Morgan fingerprint density at radius 1 is 1.13 bits per heavy atom. The van der Waals surface area contributed by atoms with Crippen LogP contribution in [0, 0.1) is 35.4 Å². The third-order valence-corrected chi connectivity index (χ3v) is 11.1. The van der Waals surface area contributed by atoms with Crippen LogP contribution < -0.4 is 4.74 Å². The van der Waals surface area contributed by atoms with Gasteiger partial charge < -0.3 is 13.8 Å². The van der Waals surface area contributed by atoms with E-state index in [1.165, 1.54) is 0 Å². The first kappa shape index (κ1) is 28.9. The molecule has 5 aromatic rings. The molecule has 3 aliphatic rings. The number of likely N-dealkylation sites (N-methyl/N-ethyl adjacent to an activating group) is 2. The number of nitriles is 2. The second-order valence-corrected chi connectivity index (χ2v) is 13.9. The number of halogens is 1. The van der Waals surface area contributed by atoms with E-state index in [4.69, 9.17) is 9.72 Å². The van der Waals surface area contributed by atoms with E-state index >= 15 is 4.39 Å². The lowest BCUT2D eigenvalue weighted by molar-refractivity contribution is -0.834. The van der Waals surface area contributed by atoms with Gasteiger partial charge in [0.2, 0.25) is 5.88 Å². The number of quaternary nitrogens is 1. The average Bonchev–Trinajstić information content (AvgIpc) is 3.33. The van der Waals surface area contributed by atoms with Crippen LogP contribution in [0.5, 0.6) is 5.88 Å². The van der Waals surface area contributed by atoms with Gasteiger partial charge in [0.1, 0.15) is 30.8 Å². The van der Waals surface area contributed by atoms with Gasteiger partial charge in [0.25, 0.3) is 0 Å². The highest BCUT2D eigenvalue weighted by Crippen LogP contribution is 2.52. The Hall–Kier alpha value is -4.50. The van der Waals surface area contributed by atoms with Gasteiger partial charge in [-0.15, -0.1) is 0 Å². The van der Waals surface area contributed by atoms with Gasteiger partial charge in [0, 0.05) is 34.5 Å². The van der Waals surface area contributed by atoms with Crippen molar-refractivity contribution in [3.8, 4) is 29.1 Å². The van der Waals surface area contributed by atoms with Gasteiger partial charge in [0.15, 0.2) is 11.9 Å². The Balaban J connectivity index is 1.42. The lowest BCUT2D eigenvalue weighted by Gasteiger charge is -2.34. The molecule has 0 radical (unpaired) electrons. The number of benzene rings is 3. The van der Waals surface area contributed by atoms with Gasteiger partial charge in [-0.05, 0) is 81.4 Å². The highest BCUT2D eigenvalue weighted by Gasteiger charge is 2.68. The summed E-state index contributed by atoms with van der Waals surface area (Å²) in [6.07, 6.45) is 2.69. The molecule has 5 heterocycles. The number of nitrogens with zero attached hydrogens (tertiary/aromatic N) is 6. The highest BCUT2D eigenvalue weighted by molar-refractivity contribution is 6.10. The number of hydrogen-bond acceptors (Lipinski definition) is 5. The molecule has 5 atom stereocenters. The monoisotopic (exact) mass is 613 g/mol. The number of rotatable bonds is 7. The van der Waals surface area contributed by atoms with E-state index in [0.29, 0.717) is 46.5 Å². The number of hydrogen-bond donors (Lipinski definition) is 0. The van der Waals surface area contributed by atoms with Gasteiger partial charge in [0.05, 0.1) is 35.7 Å². The van der Waals surface area contributed by atoms with E-state index in [1.807, 2.05) is 30.3 Å². The molecule has 7 nitrogen and oxygen atoms in total. The zero-order valence-corrected chi connectivity index (χ0v) is 26.8. The van der Waals surface area contributed by atoms with Crippen molar-refractivity contribution in [2.75, 3.05) is 33.7 Å². The van der Waals surface area contributed by atoms with Gasteiger partial charge in [-0.2, -0.15) is 10.5 Å². The van der Waals surface area contributed by atoms with Crippen LogP contribution in [0.3, 0.4) is 0 Å². The number of ether oxygens (including phenoxy) is 1. The Kier molecular flexibility index (Phi) is 6.62. The Bertz CT molecular complexity index is 2150. The molecule has 3 fully saturated rings. The molecule has 2 aromatic heterocycles. The molecular formula is C38H38FN6O+. The van der Waals surface area contributed by atoms with Crippen LogP contribution in [-0.2, 0) is 6.42 Å². The third-order valence-electron chi connectivity index (χ3n) is 11.1.